The zero-order valence-corrected chi connectivity index (χ0v) is 10.4. The molecule has 2 aliphatic heterocycles. The Hall–Kier alpha value is 1.24. The predicted octanol–water partition coefficient (Wildman–Crippen LogP) is -1.03. The SMILES string of the molecule is [B][C@H]1[CH-]C2OP(=O)([O-])OC[C@H]2O1.[Y]. The largest absolute Gasteiger partial charge is 0.756 e. The molecule has 0 aromatic rings. The molecule has 4 atom stereocenters. The van der Waals surface area contributed by atoms with Crippen molar-refractivity contribution in [2.45, 2.75) is 18.2 Å². The molecule has 0 aromatic heterocycles. The van der Waals surface area contributed by atoms with Gasteiger partial charge in [0.1, 0.15) is 0 Å². The van der Waals surface area contributed by atoms with Crippen LogP contribution in [0, 0.1) is 6.42 Å². The Morgan fingerprint density at radius 3 is 3.00 bits per heavy atom. The van der Waals surface area contributed by atoms with Gasteiger partial charge in [-0.25, -0.2) is 0 Å². The van der Waals surface area contributed by atoms with Crippen molar-refractivity contribution in [3.8, 4) is 0 Å². The normalized spacial score (nSPS) is 49.5. The summed E-state index contributed by atoms with van der Waals surface area (Å²) in [7, 11) is 1.28. The van der Waals surface area contributed by atoms with E-state index in [0.717, 1.165) is 0 Å². The molecule has 0 aliphatic carbocycles. The van der Waals surface area contributed by atoms with Gasteiger partial charge in [0, 0.05) is 32.7 Å². The minimum absolute atomic E-state index is 0. The maximum Gasteiger partial charge on any atom is 0.265 e. The second-order valence-electron chi connectivity index (χ2n) is 2.64. The fourth-order valence-electron chi connectivity index (χ4n) is 1.22. The zero-order valence-electron chi connectivity index (χ0n) is 6.66. The topological polar surface area (TPSA) is 67.8 Å². The summed E-state index contributed by atoms with van der Waals surface area (Å²) in [6.07, 6.45) is 0.519. The monoisotopic (exact) mass is 277 g/mol. The first kappa shape index (κ1) is 12.3. The summed E-state index contributed by atoms with van der Waals surface area (Å²) in [4.78, 5) is 10.8. The van der Waals surface area contributed by atoms with Gasteiger partial charge in [0.05, 0.1) is 20.6 Å². The first-order valence-electron chi connectivity index (χ1n) is 3.47. The van der Waals surface area contributed by atoms with Gasteiger partial charge in [-0.2, -0.15) is 0 Å². The van der Waals surface area contributed by atoms with E-state index in [4.69, 9.17) is 12.6 Å². The van der Waals surface area contributed by atoms with Gasteiger partial charge < -0.3 is 18.7 Å². The van der Waals surface area contributed by atoms with Gasteiger partial charge in [0.2, 0.25) is 0 Å². The van der Waals surface area contributed by atoms with E-state index in [-0.39, 0.29) is 39.3 Å². The summed E-state index contributed by atoms with van der Waals surface area (Å²) in [5.41, 5.74) is 0. The van der Waals surface area contributed by atoms with E-state index in [1.165, 1.54) is 6.42 Å². The number of hydrogen-bond donors (Lipinski definition) is 0. The summed E-state index contributed by atoms with van der Waals surface area (Å²) < 4.78 is 24.8. The van der Waals surface area contributed by atoms with Gasteiger partial charge in [-0.3, -0.25) is 11.0 Å². The van der Waals surface area contributed by atoms with Crippen LogP contribution >= 0.6 is 7.82 Å². The smallest absolute Gasteiger partial charge is 0.265 e. The van der Waals surface area contributed by atoms with Crippen LogP contribution in [0.2, 0.25) is 0 Å². The average Bonchev–Trinajstić information content (AvgIpc) is 2.26. The molecule has 0 N–H and O–H groups in total. The maximum absolute atomic E-state index is 10.8. The number of hydrogen-bond acceptors (Lipinski definition) is 5. The van der Waals surface area contributed by atoms with Crippen LogP contribution in [0.4, 0.5) is 0 Å². The fourth-order valence-corrected chi connectivity index (χ4v) is 2.11. The Bertz CT molecular complexity index is 239. The third kappa shape index (κ3) is 2.85. The number of phosphoric ester groups is 1. The van der Waals surface area contributed by atoms with Crippen molar-refractivity contribution >= 4 is 15.7 Å². The maximum atomic E-state index is 10.8. The molecule has 69 valence electrons. The molecule has 2 unspecified atom stereocenters. The zero-order chi connectivity index (χ0) is 8.77. The summed E-state index contributed by atoms with van der Waals surface area (Å²) in [6.45, 7) is -0.0182. The molecular formula is C5H6BO5PY-2. The molecule has 0 amide bonds. The first-order valence-corrected chi connectivity index (χ1v) is 4.93. The van der Waals surface area contributed by atoms with Gasteiger partial charge in [0.25, 0.3) is 7.82 Å². The van der Waals surface area contributed by atoms with E-state index < -0.39 is 26.0 Å². The van der Waals surface area contributed by atoms with Crippen LogP contribution in [-0.4, -0.2) is 32.7 Å². The molecule has 2 saturated heterocycles. The minimum Gasteiger partial charge on any atom is -0.756 e. The van der Waals surface area contributed by atoms with Crippen LogP contribution in [0.1, 0.15) is 0 Å². The minimum atomic E-state index is -4.10. The molecule has 0 aromatic carbocycles. The Balaban J connectivity index is 0.000000845. The van der Waals surface area contributed by atoms with Crippen molar-refractivity contribution in [1.82, 2.24) is 0 Å². The third-order valence-corrected chi connectivity index (χ3v) is 2.69. The standard InChI is InChI=1S/C5H7BO5P.Y/c6-5-1-3-4(10-5)2-9-12(7,8)11-3;/h1,3-5H,2H2,(H,7,8);/q-1;/p-1/t3?,4-,5-;/m1./s1. The van der Waals surface area contributed by atoms with Crippen molar-refractivity contribution in [3.63, 3.8) is 0 Å². The second-order valence-corrected chi connectivity index (χ2v) is 4.01. The number of phosphoric acid groups is 1. The van der Waals surface area contributed by atoms with E-state index in [9.17, 15) is 9.46 Å². The number of ether oxygens (including phenoxy) is 1. The van der Waals surface area contributed by atoms with E-state index >= 15 is 0 Å². The Labute approximate surface area is 102 Å². The Morgan fingerprint density at radius 1 is 1.62 bits per heavy atom. The quantitative estimate of drug-likeness (QED) is 0.321. The molecule has 3 radical (unpaired) electrons. The van der Waals surface area contributed by atoms with Crippen molar-refractivity contribution in [2.24, 2.45) is 0 Å². The fraction of sp³-hybridized carbons (Fsp3) is 0.800. The first-order chi connectivity index (χ1) is 5.57. The van der Waals surface area contributed by atoms with Crippen molar-refractivity contribution in [3.05, 3.63) is 6.42 Å². The van der Waals surface area contributed by atoms with Crippen LogP contribution in [0.15, 0.2) is 0 Å². The van der Waals surface area contributed by atoms with Gasteiger partial charge in [0.15, 0.2) is 0 Å². The summed E-state index contributed by atoms with van der Waals surface area (Å²) >= 11 is 0. The summed E-state index contributed by atoms with van der Waals surface area (Å²) in [5, 5.41) is 0. The molecule has 0 spiro atoms. The van der Waals surface area contributed by atoms with Crippen LogP contribution in [0.25, 0.3) is 0 Å². The van der Waals surface area contributed by atoms with E-state index in [1.54, 1.807) is 0 Å². The molecule has 13 heavy (non-hydrogen) atoms. The van der Waals surface area contributed by atoms with Gasteiger partial charge in [-0.05, 0) is 6.10 Å². The van der Waals surface area contributed by atoms with Crippen LogP contribution in [0.5, 0.6) is 0 Å². The Kier molecular flexibility index (Phi) is 4.16. The molecule has 5 nitrogen and oxygen atoms in total. The van der Waals surface area contributed by atoms with Gasteiger partial charge in [-0.1, -0.05) is 6.00 Å². The van der Waals surface area contributed by atoms with Gasteiger partial charge in [-0.15, -0.1) is 0 Å². The summed E-state index contributed by atoms with van der Waals surface area (Å²) in [5.74, 6) is 0. The van der Waals surface area contributed by atoms with Crippen molar-refractivity contribution < 1.29 is 56.0 Å². The predicted molar refractivity (Wildman–Crippen MR) is 37.1 cm³/mol. The van der Waals surface area contributed by atoms with Gasteiger partial charge >= 0.3 is 0 Å². The average molecular weight is 277 g/mol. The second kappa shape index (κ2) is 4.40. The van der Waals surface area contributed by atoms with Crippen LogP contribution < -0.4 is 4.89 Å². The molecule has 2 heterocycles. The van der Waals surface area contributed by atoms with Crippen LogP contribution in [0.3, 0.4) is 0 Å². The molecule has 0 bridgehead atoms. The molecule has 2 rings (SSSR count). The molecule has 2 fully saturated rings. The Morgan fingerprint density at radius 2 is 2.31 bits per heavy atom. The summed E-state index contributed by atoms with van der Waals surface area (Å²) in [6, 6.07) is -0.568. The number of fused-ring (bicyclic) bond motifs is 1. The van der Waals surface area contributed by atoms with Crippen molar-refractivity contribution in [1.29, 1.82) is 0 Å². The third-order valence-electron chi connectivity index (χ3n) is 1.73. The van der Waals surface area contributed by atoms with E-state index in [2.05, 4.69) is 9.05 Å². The molecule has 0 saturated carbocycles. The molecular weight excluding hydrogens is 271 g/mol. The van der Waals surface area contributed by atoms with Crippen LogP contribution in [-0.2, 0) is 51.1 Å². The number of rotatable bonds is 0. The van der Waals surface area contributed by atoms with E-state index in [0.29, 0.717) is 0 Å². The van der Waals surface area contributed by atoms with Crippen molar-refractivity contribution in [2.75, 3.05) is 6.61 Å². The van der Waals surface area contributed by atoms with E-state index in [1.807, 2.05) is 0 Å². The molecule has 2 aliphatic rings. The molecule has 8 heteroatoms.